The van der Waals surface area contributed by atoms with Crippen molar-refractivity contribution in [3.05, 3.63) is 11.7 Å². The van der Waals surface area contributed by atoms with Crippen LogP contribution in [0.25, 0.3) is 0 Å². The van der Waals surface area contributed by atoms with Gasteiger partial charge in [0.2, 0.25) is 5.89 Å². The summed E-state index contributed by atoms with van der Waals surface area (Å²) >= 11 is 0. The maximum atomic E-state index is 9.13. The summed E-state index contributed by atoms with van der Waals surface area (Å²) < 4.78 is 5.28. The van der Waals surface area contributed by atoms with Crippen LogP contribution in [0.3, 0.4) is 0 Å². The number of rotatable bonds is 6. The van der Waals surface area contributed by atoms with E-state index in [2.05, 4.69) is 28.9 Å². The molecule has 1 saturated heterocycles. The van der Waals surface area contributed by atoms with E-state index in [1.165, 1.54) is 12.8 Å². The molecule has 1 aromatic rings. The van der Waals surface area contributed by atoms with E-state index in [0.717, 1.165) is 44.1 Å². The fourth-order valence-corrected chi connectivity index (χ4v) is 2.71. The Labute approximate surface area is 115 Å². The average Bonchev–Trinajstić information content (AvgIpc) is 2.78. The topological polar surface area (TPSA) is 62.4 Å². The number of likely N-dealkylation sites (tertiary alicyclic amines) is 1. The lowest BCUT2D eigenvalue weighted by Gasteiger charge is -2.34. The van der Waals surface area contributed by atoms with E-state index in [1.807, 2.05) is 0 Å². The Balaban J connectivity index is 1.92. The molecule has 1 aromatic heterocycles. The molecule has 1 fully saturated rings. The van der Waals surface area contributed by atoms with Crippen LogP contribution in [-0.2, 0) is 13.0 Å². The molecule has 1 N–H and O–H groups in total. The van der Waals surface area contributed by atoms with Crippen LogP contribution < -0.4 is 0 Å². The van der Waals surface area contributed by atoms with Crippen LogP contribution in [0.1, 0.15) is 51.2 Å². The van der Waals surface area contributed by atoms with Gasteiger partial charge in [-0.15, -0.1) is 0 Å². The van der Waals surface area contributed by atoms with Gasteiger partial charge in [-0.3, -0.25) is 4.90 Å². The number of hydrogen-bond acceptors (Lipinski definition) is 5. The lowest BCUT2D eigenvalue weighted by atomic mass is 10.00. The van der Waals surface area contributed by atoms with Crippen LogP contribution in [0.4, 0.5) is 0 Å². The first-order valence-electron chi connectivity index (χ1n) is 7.35. The molecule has 19 heavy (non-hydrogen) atoms. The number of piperidine rings is 1. The van der Waals surface area contributed by atoms with Crippen molar-refractivity contribution in [1.29, 1.82) is 0 Å². The Kier molecular flexibility index (Phi) is 5.34. The van der Waals surface area contributed by atoms with Crippen molar-refractivity contribution in [2.24, 2.45) is 5.92 Å². The molecule has 1 unspecified atom stereocenters. The highest BCUT2D eigenvalue weighted by Gasteiger charge is 2.23. The van der Waals surface area contributed by atoms with Gasteiger partial charge in [0.25, 0.3) is 0 Å². The third kappa shape index (κ3) is 4.28. The summed E-state index contributed by atoms with van der Waals surface area (Å²) in [6.45, 7) is 6.36. The molecule has 5 nitrogen and oxygen atoms in total. The zero-order valence-electron chi connectivity index (χ0n) is 12.0. The van der Waals surface area contributed by atoms with Crippen LogP contribution in [0.15, 0.2) is 4.52 Å². The molecule has 0 radical (unpaired) electrons. The zero-order valence-corrected chi connectivity index (χ0v) is 12.0. The minimum Gasteiger partial charge on any atom is -0.396 e. The maximum Gasteiger partial charge on any atom is 0.226 e. The minimum atomic E-state index is 0.256. The molecule has 2 rings (SSSR count). The molecule has 0 aliphatic carbocycles. The molecule has 0 aromatic carbocycles. The second-order valence-corrected chi connectivity index (χ2v) is 5.83. The van der Waals surface area contributed by atoms with Gasteiger partial charge in [0.1, 0.15) is 0 Å². The van der Waals surface area contributed by atoms with Crippen LogP contribution in [0.5, 0.6) is 0 Å². The standard InChI is InChI=1S/C14H25N3O2/c1-11(2)9-14-15-13(16-19-14)10-17-7-4-3-5-12(17)6-8-18/h11-12,18H,3-10H2,1-2H3. The van der Waals surface area contributed by atoms with Gasteiger partial charge in [-0.1, -0.05) is 25.4 Å². The van der Waals surface area contributed by atoms with E-state index in [9.17, 15) is 0 Å². The summed E-state index contributed by atoms with van der Waals surface area (Å²) in [7, 11) is 0. The van der Waals surface area contributed by atoms with Crippen LogP contribution in [0, 0.1) is 5.92 Å². The van der Waals surface area contributed by atoms with Gasteiger partial charge < -0.3 is 9.63 Å². The lowest BCUT2D eigenvalue weighted by Crippen LogP contribution is -2.39. The van der Waals surface area contributed by atoms with E-state index < -0.39 is 0 Å². The molecule has 1 atom stereocenters. The lowest BCUT2D eigenvalue weighted by molar-refractivity contribution is 0.109. The van der Waals surface area contributed by atoms with Crippen molar-refractivity contribution in [2.75, 3.05) is 13.2 Å². The summed E-state index contributed by atoms with van der Waals surface area (Å²) in [5, 5.41) is 13.2. The van der Waals surface area contributed by atoms with E-state index >= 15 is 0 Å². The average molecular weight is 267 g/mol. The van der Waals surface area contributed by atoms with E-state index in [4.69, 9.17) is 9.63 Å². The van der Waals surface area contributed by atoms with Gasteiger partial charge in [0, 0.05) is 19.1 Å². The highest BCUT2D eigenvalue weighted by molar-refractivity contribution is 4.89. The van der Waals surface area contributed by atoms with Crippen LogP contribution >= 0.6 is 0 Å². The predicted molar refractivity (Wildman–Crippen MR) is 72.6 cm³/mol. The second-order valence-electron chi connectivity index (χ2n) is 5.83. The molecule has 5 heteroatoms. The third-order valence-corrected chi connectivity index (χ3v) is 3.65. The van der Waals surface area contributed by atoms with Crippen molar-refractivity contribution in [3.8, 4) is 0 Å². The monoisotopic (exact) mass is 267 g/mol. The molecule has 1 aliphatic heterocycles. The Morgan fingerprint density at radius 2 is 2.26 bits per heavy atom. The molecular formula is C14H25N3O2. The first-order valence-corrected chi connectivity index (χ1v) is 7.35. The zero-order chi connectivity index (χ0) is 13.7. The Bertz CT molecular complexity index is 377. The predicted octanol–water partition coefficient (Wildman–Crippen LogP) is 2.01. The van der Waals surface area contributed by atoms with E-state index in [-0.39, 0.29) is 6.61 Å². The van der Waals surface area contributed by atoms with E-state index in [1.54, 1.807) is 0 Å². The van der Waals surface area contributed by atoms with Gasteiger partial charge in [-0.2, -0.15) is 4.98 Å². The van der Waals surface area contributed by atoms with Crippen molar-refractivity contribution in [1.82, 2.24) is 15.0 Å². The Morgan fingerprint density at radius 3 is 3.00 bits per heavy atom. The molecule has 1 aliphatic rings. The SMILES string of the molecule is CC(C)Cc1nc(CN2CCCCC2CCO)no1. The summed E-state index contributed by atoms with van der Waals surface area (Å²) in [5.41, 5.74) is 0. The third-order valence-electron chi connectivity index (χ3n) is 3.65. The first-order chi connectivity index (χ1) is 9.19. The van der Waals surface area contributed by atoms with Crippen molar-refractivity contribution in [3.63, 3.8) is 0 Å². The largest absolute Gasteiger partial charge is 0.396 e. The van der Waals surface area contributed by atoms with Gasteiger partial charge in [0.05, 0.1) is 6.54 Å². The molecule has 0 bridgehead atoms. The van der Waals surface area contributed by atoms with Gasteiger partial charge >= 0.3 is 0 Å². The fourth-order valence-electron chi connectivity index (χ4n) is 2.71. The van der Waals surface area contributed by atoms with Gasteiger partial charge in [-0.05, 0) is 31.7 Å². The summed E-state index contributed by atoms with van der Waals surface area (Å²) in [6.07, 6.45) is 5.33. The summed E-state index contributed by atoms with van der Waals surface area (Å²) in [6, 6.07) is 0.464. The van der Waals surface area contributed by atoms with Crippen LogP contribution in [-0.4, -0.2) is 39.3 Å². The second kappa shape index (κ2) is 7.01. The molecule has 0 saturated carbocycles. The van der Waals surface area contributed by atoms with Gasteiger partial charge in [0.15, 0.2) is 5.82 Å². The summed E-state index contributed by atoms with van der Waals surface area (Å²) in [5.74, 6) is 2.05. The summed E-state index contributed by atoms with van der Waals surface area (Å²) in [4.78, 5) is 6.84. The highest BCUT2D eigenvalue weighted by Crippen LogP contribution is 2.21. The molecule has 0 spiro atoms. The number of aromatic nitrogens is 2. The normalized spacial score (nSPS) is 21.2. The van der Waals surface area contributed by atoms with Gasteiger partial charge in [-0.25, -0.2) is 0 Å². The number of aliphatic hydroxyl groups excluding tert-OH is 1. The number of aliphatic hydroxyl groups is 1. The maximum absolute atomic E-state index is 9.13. The minimum absolute atomic E-state index is 0.256. The molecule has 108 valence electrons. The van der Waals surface area contributed by atoms with Crippen molar-refractivity contribution >= 4 is 0 Å². The Morgan fingerprint density at radius 1 is 1.42 bits per heavy atom. The number of hydrogen-bond donors (Lipinski definition) is 1. The molecule has 0 amide bonds. The van der Waals surface area contributed by atoms with Crippen LogP contribution in [0.2, 0.25) is 0 Å². The highest BCUT2D eigenvalue weighted by atomic mass is 16.5. The fraction of sp³-hybridized carbons (Fsp3) is 0.857. The smallest absolute Gasteiger partial charge is 0.226 e. The van der Waals surface area contributed by atoms with Crippen molar-refractivity contribution < 1.29 is 9.63 Å². The number of nitrogens with zero attached hydrogens (tertiary/aromatic N) is 3. The molecule has 2 heterocycles. The quantitative estimate of drug-likeness (QED) is 0.854. The first kappa shape index (κ1) is 14.5. The van der Waals surface area contributed by atoms with Crippen molar-refractivity contribution in [2.45, 2.75) is 58.5 Å². The van der Waals surface area contributed by atoms with E-state index in [0.29, 0.717) is 12.0 Å². The molecular weight excluding hydrogens is 242 g/mol. The Hall–Kier alpha value is -0.940.